The number of aryl methyl sites for hydroxylation is 2. The molecule has 0 bridgehead atoms. The average molecular weight is 433 g/mol. The van der Waals surface area contributed by atoms with Gasteiger partial charge in [0.05, 0.1) is 0 Å². The van der Waals surface area contributed by atoms with Crippen LogP contribution >= 0.6 is 0 Å². The van der Waals surface area contributed by atoms with E-state index in [4.69, 9.17) is 6.58 Å². The summed E-state index contributed by atoms with van der Waals surface area (Å²) in [5.74, 6) is 0. The van der Waals surface area contributed by atoms with Crippen molar-refractivity contribution < 1.29 is 0 Å². The van der Waals surface area contributed by atoms with Crippen molar-refractivity contribution in [1.82, 2.24) is 0 Å². The van der Waals surface area contributed by atoms with Crippen LogP contribution in [0.25, 0.3) is 5.57 Å². The molecule has 0 radical (unpaired) electrons. The zero-order valence-corrected chi connectivity index (χ0v) is 23.5. The molecule has 0 saturated carbocycles. The monoisotopic (exact) mass is 432 g/mol. The van der Waals surface area contributed by atoms with E-state index in [1.165, 1.54) is 44.5 Å². The summed E-state index contributed by atoms with van der Waals surface area (Å²) in [7, 11) is 0. The lowest BCUT2D eigenvalue weighted by Crippen LogP contribution is -2.22. The summed E-state index contributed by atoms with van der Waals surface area (Å²) in [6, 6.07) is 9.63. The first-order valence-electron chi connectivity index (χ1n) is 12.2. The Morgan fingerprint density at radius 2 is 0.781 bits per heavy atom. The van der Waals surface area contributed by atoms with Gasteiger partial charge in [-0.05, 0) is 85.6 Å². The van der Waals surface area contributed by atoms with E-state index in [2.05, 4.69) is 121 Å². The standard InChI is InChI=1S/C32H48/c1-20-16-23(29(4,5)6)18-25(31(10,11)12)27(20)22(3)28-21(2)17-24(30(7,8)9)19-26(28)32(13,14)15/h16-19H,3H2,1-2,4-15H3. The summed E-state index contributed by atoms with van der Waals surface area (Å²) in [5, 5.41) is 0. The van der Waals surface area contributed by atoms with Gasteiger partial charge in [-0.1, -0.05) is 114 Å². The first-order valence-corrected chi connectivity index (χ1v) is 12.2. The summed E-state index contributed by atoms with van der Waals surface area (Å²) in [5.41, 5.74) is 12.3. The second-order valence-corrected chi connectivity index (χ2v) is 13.9. The predicted octanol–water partition coefficient (Wildman–Crippen LogP) is 9.55. The predicted molar refractivity (Wildman–Crippen MR) is 145 cm³/mol. The van der Waals surface area contributed by atoms with Crippen molar-refractivity contribution in [2.24, 2.45) is 0 Å². The van der Waals surface area contributed by atoms with E-state index >= 15 is 0 Å². The van der Waals surface area contributed by atoms with Gasteiger partial charge in [-0.15, -0.1) is 0 Å². The van der Waals surface area contributed by atoms with E-state index in [-0.39, 0.29) is 21.7 Å². The third-order valence-electron chi connectivity index (χ3n) is 6.62. The normalized spacial score (nSPS) is 13.4. The highest BCUT2D eigenvalue weighted by atomic mass is 14.3. The maximum absolute atomic E-state index is 4.75. The molecule has 0 amide bonds. The van der Waals surface area contributed by atoms with Crippen LogP contribution in [0, 0.1) is 13.8 Å². The van der Waals surface area contributed by atoms with Gasteiger partial charge in [0.2, 0.25) is 0 Å². The van der Waals surface area contributed by atoms with Gasteiger partial charge in [-0.25, -0.2) is 0 Å². The van der Waals surface area contributed by atoms with Crippen LogP contribution < -0.4 is 0 Å². The average Bonchev–Trinajstić information content (AvgIpc) is 2.56. The highest BCUT2D eigenvalue weighted by molar-refractivity contribution is 5.86. The fraction of sp³-hybridized carbons (Fsp3) is 0.562. The highest BCUT2D eigenvalue weighted by Gasteiger charge is 2.29. The molecule has 32 heavy (non-hydrogen) atoms. The van der Waals surface area contributed by atoms with Crippen molar-refractivity contribution in [3.8, 4) is 0 Å². The topological polar surface area (TPSA) is 0 Å². The van der Waals surface area contributed by atoms with Crippen molar-refractivity contribution in [1.29, 1.82) is 0 Å². The van der Waals surface area contributed by atoms with Gasteiger partial charge in [0, 0.05) is 0 Å². The fourth-order valence-electron chi connectivity index (χ4n) is 4.55. The summed E-state index contributed by atoms with van der Waals surface area (Å²) >= 11 is 0. The van der Waals surface area contributed by atoms with Crippen LogP contribution in [0.1, 0.15) is 128 Å². The molecule has 0 aliphatic heterocycles. The van der Waals surface area contributed by atoms with Gasteiger partial charge in [-0.2, -0.15) is 0 Å². The smallest absolute Gasteiger partial charge is 0.0117 e. The Hall–Kier alpha value is -1.82. The van der Waals surface area contributed by atoms with Gasteiger partial charge in [0.15, 0.2) is 0 Å². The lowest BCUT2D eigenvalue weighted by Gasteiger charge is -2.33. The second kappa shape index (κ2) is 8.19. The van der Waals surface area contributed by atoms with Crippen LogP contribution in [0.4, 0.5) is 0 Å². The van der Waals surface area contributed by atoms with Crippen LogP contribution in [-0.4, -0.2) is 0 Å². The first-order chi connectivity index (χ1) is 14.2. The highest BCUT2D eigenvalue weighted by Crippen LogP contribution is 2.43. The summed E-state index contributed by atoms with van der Waals surface area (Å²) in [6.07, 6.45) is 0. The van der Waals surface area contributed by atoms with Crippen molar-refractivity contribution in [3.05, 3.63) is 75.4 Å². The summed E-state index contributed by atoms with van der Waals surface area (Å²) in [6.45, 7) is 37.0. The zero-order valence-electron chi connectivity index (χ0n) is 23.5. The third kappa shape index (κ3) is 5.38. The molecule has 2 rings (SSSR count). The van der Waals surface area contributed by atoms with Crippen LogP contribution in [0.5, 0.6) is 0 Å². The van der Waals surface area contributed by atoms with Gasteiger partial charge >= 0.3 is 0 Å². The molecule has 0 unspecified atom stereocenters. The fourth-order valence-corrected chi connectivity index (χ4v) is 4.55. The number of hydrogen-bond donors (Lipinski definition) is 0. The molecular formula is C32H48. The van der Waals surface area contributed by atoms with Crippen molar-refractivity contribution >= 4 is 5.57 Å². The van der Waals surface area contributed by atoms with Crippen molar-refractivity contribution in [2.75, 3.05) is 0 Å². The minimum Gasteiger partial charge on any atom is -0.0905 e. The van der Waals surface area contributed by atoms with Crippen LogP contribution in [0.2, 0.25) is 0 Å². The molecule has 0 heterocycles. The molecule has 2 aromatic carbocycles. The Kier molecular flexibility index (Phi) is 6.77. The maximum atomic E-state index is 4.75. The molecular weight excluding hydrogens is 384 g/mol. The second-order valence-electron chi connectivity index (χ2n) is 13.9. The van der Waals surface area contributed by atoms with Crippen LogP contribution in [0.15, 0.2) is 30.8 Å². The van der Waals surface area contributed by atoms with E-state index in [1.54, 1.807) is 0 Å². The summed E-state index contributed by atoms with van der Waals surface area (Å²) in [4.78, 5) is 0. The van der Waals surface area contributed by atoms with Crippen molar-refractivity contribution in [3.63, 3.8) is 0 Å². The van der Waals surface area contributed by atoms with E-state index in [9.17, 15) is 0 Å². The number of hydrogen-bond acceptors (Lipinski definition) is 0. The molecule has 0 nitrogen and oxygen atoms in total. The van der Waals surface area contributed by atoms with Crippen LogP contribution in [0.3, 0.4) is 0 Å². The summed E-state index contributed by atoms with van der Waals surface area (Å²) < 4.78 is 0. The number of benzene rings is 2. The molecule has 0 fully saturated rings. The van der Waals surface area contributed by atoms with Crippen LogP contribution in [-0.2, 0) is 21.7 Å². The Morgan fingerprint density at radius 1 is 0.500 bits per heavy atom. The minimum absolute atomic E-state index is 0.0332. The Morgan fingerprint density at radius 3 is 1.00 bits per heavy atom. The van der Waals surface area contributed by atoms with Gasteiger partial charge in [-0.3, -0.25) is 0 Å². The van der Waals surface area contributed by atoms with E-state index < -0.39 is 0 Å². The lowest BCUT2D eigenvalue weighted by atomic mass is 9.71. The largest absolute Gasteiger partial charge is 0.0905 e. The minimum atomic E-state index is 0.0332. The van der Waals surface area contributed by atoms with E-state index in [0.29, 0.717) is 0 Å². The third-order valence-corrected chi connectivity index (χ3v) is 6.62. The lowest BCUT2D eigenvalue weighted by molar-refractivity contribution is 0.564. The SMILES string of the molecule is C=C(c1c(C)cc(C(C)(C)C)cc1C(C)(C)C)c1c(C)cc(C(C)(C)C)cc1C(C)(C)C. The molecule has 0 saturated heterocycles. The Bertz CT molecular complexity index is 933. The molecule has 0 heteroatoms. The molecule has 0 aliphatic rings. The first kappa shape index (κ1) is 26.4. The quantitative estimate of drug-likeness (QED) is 0.443. The molecule has 0 aliphatic carbocycles. The van der Waals surface area contributed by atoms with E-state index in [1.807, 2.05) is 0 Å². The molecule has 176 valence electrons. The molecule has 0 atom stereocenters. The molecule has 0 spiro atoms. The van der Waals surface area contributed by atoms with Gasteiger partial charge in [0.1, 0.15) is 0 Å². The van der Waals surface area contributed by atoms with Gasteiger partial charge < -0.3 is 0 Å². The van der Waals surface area contributed by atoms with E-state index in [0.717, 1.165) is 5.57 Å². The van der Waals surface area contributed by atoms with Gasteiger partial charge in [0.25, 0.3) is 0 Å². The zero-order chi connectivity index (χ0) is 25.0. The Balaban J connectivity index is 2.92. The molecule has 0 N–H and O–H groups in total. The van der Waals surface area contributed by atoms with Crippen molar-refractivity contribution in [2.45, 2.75) is 119 Å². The Labute approximate surface area is 199 Å². The maximum Gasteiger partial charge on any atom is -0.0117 e. The molecule has 2 aromatic rings. The number of rotatable bonds is 2. The molecule has 0 aromatic heterocycles.